The molecule has 3 heterocycles. The zero-order chi connectivity index (χ0) is 17.4. The molecule has 0 unspecified atom stereocenters. The predicted octanol–water partition coefficient (Wildman–Crippen LogP) is 3.10. The van der Waals surface area contributed by atoms with Crippen molar-refractivity contribution < 1.29 is 9.59 Å². The first-order chi connectivity index (χ1) is 12.1. The van der Waals surface area contributed by atoms with E-state index in [1.165, 1.54) is 4.90 Å². The van der Waals surface area contributed by atoms with Crippen molar-refractivity contribution in [2.45, 2.75) is 0 Å². The monoisotopic (exact) mass is 396 g/mol. The van der Waals surface area contributed by atoms with Gasteiger partial charge in [-0.05, 0) is 40.2 Å². The SMILES string of the molecule is O=C1c2ccccc2C(=O)N1CCNc1ccnc2cc(Br)cnc12. The van der Waals surface area contributed by atoms with Gasteiger partial charge in [0, 0.05) is 30.0 Å². The summed E-state index contributed by atoms with van der Waals surface area (Å²) in [6, 6.07) is 10.6. The molecule has 25 heavy (non-hydrogen) atoms. The lowest BCUT2D eigenvalue weighted by Gasteiger charge is -2.15. The van der Waals surface area contributed by atoms with E-state index < -0.39 is 0 Å². The number of benzene rings is 1. The highest BCUT2D eigenvalue weighted by molar-refractivity contribution is 9.10. The van der Waals surface area contributed by atoms with E-state index in [4.69, 9.17) is 0 Å². The number of nitrogens with zero attached hydrogens (tertiary/aromatic N) is 3. The Morgan fingerprint density at radius 3 is 2.48 bits per heavy atom. The highest BCUT2D eigenvalue weighted by atomic mass is 79.9. The van der Waals surface area contributed by atoms with Crippen LogP contribution in [0.4, 0.5) is 5.69 Å². The summed E-state index contributed by atoms with van der Waals surface area (Å²) in [7, 11) is 0. The molecule has 0 spiro atoms. The Balaban J connectivity index is 1.49. The van der Waals surface area contributed by atoms with Crippen LogP contribution < -0.4 is 5.32 Å². The standard InChI is InChI=1S/C18H13BrN4O2/c19-11-9-15-16(22-10-11)14(5-6-20-15)21-7-8-23-17(24)12-3-1-2-4-13(12)18(23)25/h1-6,9-10H,7-8H2,(H,20,21). The van der Waals surface area contributed by atoms with Gasteiger partial charge in [0.25, 0.3) is 11.8 Å². The molecule has 2 aromatic heterocycles. The number of amides is 2. The predicted molar refractivity (Wildman–Crippen MR) is 97.5 cm³/mol. The van der Waals surface area contributed by atoms with Crippen molar-refractivity contribution in [1.29, 1.82) is 0 Å². The molecule has 3 aromatic rings. The van der Waals surface area contributed by atoms with Gasteiger partial charge in [-0.2, -0.15) is 0 Å². The number of carbonyl (C=O) groups is 2. The van der Waals surface area contributed by atoms with Crippen LogP contribution in [0.25, 0.3) is 11.0 Å². The molecule has 0 saturated heterocycles. The summed E-state index contributed by atoms with van der Waals surface area (Å²) in [6.07, 6.45) is 3.40. The van der Waals surface area contributed by atoms with E-state index in [0.29, 0.717) is 17.7 Å². The molecule has 0 aliphatic carbocycles. The van der Waals surface area contributed by atoms with Gasteiger partial charge in [-0.25, -0.2) is 0 Å². The lowest BCUT2D eigenvalue weighted by atomic mass is 10.1. The third-order valence-corrected chi connectivity index (χ3v) is 4.51. The fourth-order valence-electron chi connectivity index (χ4n) is 2.89. The van der Waals surface area contributed by atoms with Gasteiger partial charge in [0.1, 0.15) is 5.52 Å². The summed E-state index contributed by atoms with van der Waals surface area (Å²) >= 11 is 3.38. The Morgan fingerprint density at radius 1 is 1.04 bits per heavy atom. The molecular formula is C18H13BrN4O2. The number of anilines is 1. The third kappa shape index (κ3) is 2.76. The van der Waals surface area contributed by atoms with Crippen LogP contribution in [0, 0.1) is 0 Å². The summed E-state index contributed by atoms with van der Waals surface area (Å²) in [4.78, 5) is 34.6. The summed E-state index contributed by atoms with van der Waals surface area (Å²) in [5, 5.41) is 3.24. The van der Waals surface area contributed by atoms with E-state index in [-0.39, 0.29) is 18.4 Å². The van der Waals surface area contributed by atoms with Crippen LogP contribution in [0.1, 0.15) is 20.7 Å². The molecule has 1 N–H and O–H groups in total. The van der Waals surface area contributed by atoms with Crippen molar-refractivity contribution in [1.82, 2.24) is 14.9 Å². The lowest BCUT2D eigenvalue weighted by molar-refractivity contribution is 0.0660. The van der Waals surface area contributed by atoms with E-state index >= 15 is 0 Å². The summed E-state index contributed by atoms with van der Waals surface area (Å²) in [5.41, 5.74) is 3.25. The van der Waals surface area contributed by atoms with Gasteiger partial charge in [0.15, 0.2) is 0 Å². The first kappa shape index (κ1) is 15.7. The number of hydrogen-bond donors (Lipinski definition) is 1. The van der Waals surface area contributed by atoms with Crippen molar-refractivity contribution in [3.05, 3.63) is 64.4 Å². The minimum atomic E-state index is -0.246. The summed E-state index contributed by atoms with van der Waals surface area (Å²) < 4.78 is 0.857. The Bertz CT molecular complexity index is 970. The van der Waals surface area contributed by atoms with Gasteiger partial charge >= 0.3 is 0 Å². The molecule has 6 nitrogen and oxygen atoms in total. The maximum Gasteiger partial charge on any atom is 0.261 e. The lowest BCUT2D eigenvalue weighted by Crippen LogP contribution is -2.34. The average molecular weight is 397 g/mol. The maximum absolute atomic E-state index is 12.3. The largest absolute Gasteiger partial charge is 0.381 e. The summed E-state index contributed by atoms with van der Waals surface area (Å²) in [5.74, 6) is -0.493. The van der Waals surface area contributed by atoms with Crippen LogP contribution in [0.2, 0.25) is 0 Å². The number of rotatable bonds is 4. The molecule has 1 aliphatic heterocycles. The minimum absolute atomic E-state index is 0.246. The van der Waals surface area contributed by atoms with Crippen molar-refractivity contribution >= 4 is 44.5 Å². The Morgan fingerprint density at radius 2 is 1.76 bits per heavy atom. The number of nitrogens with one attached hydrogen (secondary N) is 1. The molecule has 1 aromatic carbocycles. The molecule has 0 atom stereocenters. The van der Waals surface area contributed by atoms with Crippen molar-refractivity contribution in [2.24, 2.45) is 0 Å². The van der Waals surface area contributed by atoms with Gasteiger partial charge < -0.3 is 5.32 Å². The maximum atomic E-state index is 12.3. The van der Waals surface area contributed by atoms with Crippen LogP contribution in [0.15, 0.2) is 53.3 Å². The van der Waals surface area contributed by atoms with Crippen LogP contribution in [0.5, 0.6) is 0 Å². The Labute approximate surface area is 152 Å². The van der Waals surface area contributed by atoms with Gasteiger partial charge in [-0.15, -0.1) is 0 Å². The average Bonchev–Trinajstić information content (AvgIpc) is 2.87. The van der Waals surface area contributed by atoms with E-state index in [0.717, 1.165) is 21.2 Å². The fourth-order valence-corrected chi connectivity index (χ4v) is 3.21. The van der Waals surface area contributed by atoms with E-state index in [1.807, 2.05) is 12.1 Å². The van der Waals surface area contributed by atoms with Gasteiger partial charge in [0.05, 0.1) is 22.3 Å². The molecule has 4 rings (SSSR count). The molecule has 1 aliphatic rings. The fraction of sp³-hybridized carbons (Fsp3) is 0.111. The highest BCUT2D eigenvalue weighted by Gasteiger charge is 2.34. The number of fused-ring (bicyclic) bond motifs is 2. The van der Waals surface area contributed by atoms with Crippen molar-refractivity contribution in [3.8, 4) is 0 Å². The van der Waals surface area contributed by atoms with E-state index in [1.54, 1.807) is 36.7 Å². The molecule has 0 saturated carbocycles. The normalized spacial score (nSPS) is 13.4. The third-order valence-electron chi connectivity index (χ3n) is 4.07. The molecule has 124 valence electrons. The van der Waals surface area contributed by atoms with Gasteiger partial charge in [-0.3, -0.25) is 24.5 Å². The first-order valence-electron chi connectivity index (χ1n) is 7.74. The number of carbonyl (C=O) groups excluding carboxylic acids is 2. The first-order valence-corrected chi connectivity index (χ1v) is 8.54. The van der Waals surface area contributed by atoms with Gasteiger partial charge in [-0.1, -0.05) is 12.1 Å². The van der Waals surface area contributed by atoms with Crippen molar-refractivity contribution in [3.63, 3.8) is 0 Å². The molecule has 0 bridgehead atoms. The number of pyridine rings is 2. The number of halogens is 1. The molecule has 0 fully saturated rings. The number of imide groups is 1. The van der Waals surface area contributed by atoms with Gasteiger partial charge in [0.2, 0.25) is 0 Å². The second kappa shape index (κ2) is 6.25. The van der Waals surface area contributed by atoms with Crippen LogP contribution in [-0.4, -0.2) is 39.8 Å². The highest BCUT2D eigenvalue weighted by Crippen LogP contribution is 2.23. The second-order valence-electron chi connectivity index (χ2n) is 5.61. The molecular weight excluding hydrogens is 384 g/mol. The van der Waals surface area contributed by atoms with Crippen LogP contribution in [-0.2, 0) is 0 Å². The van der Waals surface area contributed by atoms with Crippen LogP contribution in [0.3, 0.4) is 0 Å². The van der Waals surface area contributed by atoms with Crippen LogP contribution >= 0.6 is 15.9 Å². The molecule has 2 amide bonds. The van der Waals surface area contributed by atoms with E-state index in [2.05, 4.69) is 31.2 Å². The number of aromatic nitrogens is 2. The minimum Gasteiger partial charge on any atom is -0.381 e. The van der Waals surface area contributed by atoms with E-state index in [9.17, 15) is 9.59 Å². The Kier molecular flexibility index (Phi) is 3.93. The molecule has 0 radical (unpaired) electrons. The topological polar surface area (TPSA) is 75.2 Å². The zero-order valence-electron chi connectivity index (χ0n) is 13.1. The quantitative estimate of drug-likeness (QED) is 0.685. The smallest absolute Gasteiger partial charge is 0.261 e. The zero-order valence-corrected chi connectivity index (χ0v) is 14.7. The van der Waals surface area contributed by atoms with Crippen molar-refractivity contribution in [2.75, 3.05) is 18.4 Å². The number of hydrogen-bond acceptors (Lipinski definition) is 5. The molecule has 7 heteroatoms. The Hall–Kier alpha value is -2.80. The summed E-state index contributed by atoms with van der Waals surface area (Å²) in [6.45, 7) is 0.717. The second-order valence-corrected chi connectivity index (χ2v) is 6.53.